The Morgan fingerprint density at radius 2 is 1.83 bits per heavy atom. The Hall–Kier alpha value is -2.14. The quantitative estimate of drug-likeness (QED) is 0.764. The van der Waals surface area contributed by atoms with Crippen LogP contribution in [0.5, 0.6) is 0 Å². The van der Waals surface area contributed by atoms with E-state index in [0.29, 0.717) is 25.9 Å². The minimum atomic E-state index is -0.824. The average molecular weight is 331 g/mol. The first-order chi connectivity index (χ1) is 11.1. The van der Waals surface area contributed by atoms with E-state index in [-0.39, 0.29) is 12.3 Å². The molecule has 2 rings (SSSR count). The first-order valence-electron chi connectivity index (χ1n) is 7.69. The normalized spacial score (nSPS) is 10.4. The van der Waals surface area contributed by atoms with Crippen molar-refractivity contribution >= 4 is 23.2 Å². The Balaban J connectivity index is 1.93. The molecule has 122 valence electrons. The second kappa shape index (κ2) is 9.10. The first kappa shape index (κ1) is 17.2. The molecule has 1 aromatic heterocycles. The molecule has 5 heteroatoms. The summed E-state index contributed by atoms with van der Waals surface area (Å²) in [7, 11) is 0. The van der Waals surface area contributed by atoms with Crippen molar-refractivity contribution in [1.29, 1.82) is 0 Å². The van der Waals surface area contributed by atoms with Gasteiger partial charge in [-0.25, -0.2) is 0 Å². The number of carbonyl (C=O) groups excluding carboxylic acids is 1. The molecule has 0 aliphatic carbocycles. The summed E-state index contributed by atoms with van der Waals surface area (Å²) in [5, 5.41) is 12.8. The summed E-state index contributed by atoms with van der Waals surface area (Å²) in [4.78, 5) is 25.0. The number of carboxylic acids is 1. The van der Waals surface area contributed by atoms with Crippen LogP contribution in [-0.2, 0) is 22.6 Å². The number of nitrogens with zero attached hydrogens (tertiary/aromatic N) is 1. The van der Waals surface area contributed by atoms with E-state index in [1.54, 1.807) is 16.2 Å². The maximum absolute atomic E-state index is 12.5. The van der Waals surface area contributed by atoms with Gasteiger partial charge in [-0.1, -0.05) is 30.3 Å². The van der Waals surface area contributed by atoms with E-state index in [1.165, 1.54) is 5.56 Å². The molecule has 0 fully saturated rings. The first-order valence-corrected chi connectivity index (χ1v) is 8.64. The van der Waals surface area contributed by atoms with Crippen LogP contribution in [-0.4, -0.2) is 28.4 Å². The van der Waals surface area contributed by atoms with Crippen LogP contribution >= 0.6 is 11.3 Å². The van der Waals surface area contributed by atoms with E-state index in [2.05, 4.69) is 5.38 Å². The van der Waals surface area contributed by atoms with Crippen LogP contribution in [0.4, 0.5) is 0 Å². The lowest BCUT2D eigenvalue weighted by atomic mass is 10.1. The number of rotatable bonds is 9. The van der Waals surface area contributed by atoms with E-state index in [0.717, 1.165) is 12.0 Å². The minimum Gasteiger partial charge on any atom is -0.481 e. The van der Waals surface area contributed by atoms with Crippen LogP contribution in [0.1, 0.15) is 30.4 Å². The Bertz CT molecular complexity index is 610. The molecule has 0 saturated carbocycles. The van der Waals surface area contributed by atoms with Crippen LogP contribution in [0.25, 0.3) is 0 Å². The molecule has 0 atom stereocenters. The fraction of sp³-hybridized carbons (Fsp3) is 0.333. The van der Waals surface area contributed by atoms with Gasteiger partial charge >= 0.3 is 5.97 Å². The monoisotopic (exact) mass is 331 g/mol. The third-order valence-corrected chi connectivity index (χ3v) is 4.33. The lowest BCUT2D eigenvalue weighted by molar-refractivity contribution is -0.138. The summed E-state index contributed by atoms with van der Waals surface area (Å²) in [6, 6.07) is 11.8. The van der Waals surface area contributed by atoms with Crippen molar-refractivity contribution in [2.24, 2.45) is 0 Å². The molecular formula is C18H21NO3S. The highest BCUT2D eigenvalue weighted by Crippen LogP contribution is 2.12. The van der Waals surface area contributed by atoms with Gasteiger partial charge in [0.2, 0.25) is 5.91 Å². The zero-order chi connectivity index (χ0) is 16.5. The van der Waals surface area contributed by atoms with Crippen molar-refractivity contribution in [3.8, 4) is 0 Å². The van der Waals surface area contributed by atoms with E-state index < -0.39 is 5.97 Å². The lowest BCUT2D eigenvalue weighted by Crippen LogP contribution is -2.32. The number of hydrogen-bond acceptors (Lipinski definition) is 3. The van der Waals surface area contributed by atoms with E-state index in [9.17, 15) is 9.59 Å². The molecule has 1 N–H and O–H groups in total. The number of amides is 1. The Morgan fingerprint density at radius 1 is 1.04 bits per heavy atom. The Labute approximate surface area is 140 Å². The van der Waals surface area contributed by atoms with Crippen LogP contribution in [0.15, 0.2) is 47.2 Å². The molecule has 0 unspecified atom stereocenters. The van der Waals surface area contributed by atoms with Gasteiger partial charge in [-0.3, -0.25) is 9.59 Å². The van der Waals surface area contributed by atoms with E-state index in [4.69, 9.17) is 5.11 Å². The molecule has 0 bridgehead atoms. The highest BCUT2D eigenvalue weighted by atomic mass is 32.1. The molecule has 4 nitrogen and oxygen atoms in total. The average Bonchev–Trinajstić information content (AvgIpc) is 3.06. The number of carbonyl (C=O) groups is 2. The van der Waals surface area contributed by atoms with Gasteiger partial charge in [0.05, 0.1) is 0 Å². The molecule has 23 heavy (non-hydrogen) atoms. The maximum Gasteiger partial charge on any atom is 0.303 e. The van der Waals surface area contributed by atoms with E-state index >= 15 is 0 Å². The molecule has 1 aromatic carbocycles. The summed E-state index contributed by atoms with van der Waals surface area (Å²) < 4.78 is 0. The van der Waals surface area contributed by atoms with Gasteiger partial charge in [0.15, 0.2) is 0 Å². The molecular weight excluding hydrogens is 310 g/mol. The van der Waals surface area contributed by atoms with Crippen molar-refractivity contribution in [3.05, 3.63) is 58.3 Å². The van der Waals surface area contributed by atoms with Gasteiger partial charge in [0.25, 0.3) is 0 Å². The van der Waals surface area contributed by atoms with E-state index in [1.807, 2.05) is 41.8 Å². The van der Waals surface area contributed by atoms with Crippen molar-refractivity contribution < 1.29 is 14.7 Å². The third kappa shape index (κ3) is 6.24. The second-order valence-corrected chi connectivity index (χ2v) is 6.21. The topological polar surface area (TPSA) is 57.6 Å². The largest absolute Gasteiger partial charge is 0.481 e. The molecule has 1 amide bonds. The molecule has 2 aromatic rings. The van der Waals surface area contributed by atoms with Gasteiger partial charge in [0, 0.05) is 25.9 Å². The van der Waals surface area contributed by atoms with Crippen molar-refractivity contribution in [1.82, 2.24) is 4.90 Å². The van der Waals surface area contributed by atoms with Crippen LogP contribution in [0.2, 0.25) is 0 Å². The molecule has 0 aliphatic rings. The van der Waals surface area contributed by atoms with Crippen molar-refractivity contribution in [3.63, 3.8) is 0 Å². The lowest BCUT2D eigenvalue weighted by Gasteiger charge is -2.22. The van der Waals surface area contributed by atoms with Gasteiger partial charge in [-0.05, 0) is 40.8 Å². The van der Waals surface area contributed by atoms with Gasteiger partial charge in [0.1, 0.15) is 0 Å². The summed E-state index contributed by atoms with van der Waals surface area (Å²) in [6.07, 6.45) is 1.75. The number of benzene rings is 1. The zero-order valence-corrected chi connectivity index (χ0v) is 13.8. The third-order valence-electron chi connectivity index (χ3n) is 3.60. The van der Waals surface area contributed by atoms with Crippen LogP contribution < -0.4 is 0 Å². The maximum atomic E-state index is 12.5. The standard InChI is InChI=1S/C18H21NO3S/c20-17(9-8-16-10-12-23-14-16)19(11-4-7-18(21)22)13-15-5-2-1-3-6-15/h1-3,5-6,10,12,14H,4,7-9,11,13H2,(H,21,22). The minimum absolute atomic E-state index is 0.0745. The zero-order valence-electron chi connectivity index (χ0n) is 13.0. The summed E-state index contributed by atoms with van der Waals surface area (Å²) in [6.45, 7) is 1.01. The number of thiophene rings is 1. The van der Waals surface area contributed by atoms with Crippen LogP contribution in [0.3, 0.4) is 0 Å². The fourth-order valence-corrected chi connectivity index (χ4v) is 3.06. The summed E-state index contributed by atoms with van der Waals surface area (Å²) in [5.74, 6) is -0.749. The molecule has 0 saturated heterocycles. The Morgan fingerprint density at radius 3 is 2.48 bits per heavy atom. The fourth-order valence-electron chi connectivity index (χ4n) is 2.36. The van der Waals surface area contributed by atoms with Crippen molar-refractivity contribution in [2.75, 3.05) is 6.54 Å². The molecule has 0 radical (unpaired) electrons. The number of aliphatic carboxylic acids is 1. The molecule has 0 aliphatic heterocycles. The van der Waals surface area contributed by atoms with Gasteiger partial charge in [-0.15, -0.1) is 0 Å². The highest BCUT2D eigenvalue weighted by molar-refractivity contribution is 7.07. The predicted octanol–water partition coefficient (Wildman–Crippen LogP) is 3.57. The molecule has 1 heterocycles. The number of hydrogen-bond donors (Lipinski definition) is 1. The smallest absolute Gasteiger partial charge is 0.303 e. The predicted molar refractivity (Wildman–Crippen MR) is 91.4 cm³/mol. The van der Waals surface area contributed by atoms with Gasteiger partial charge in [-0.2, -0.15) is 11.3 Å². The number of aryl methyl sites for hydroxylation is 1. The summed E-state index contributed by atoms with van der Waals surface area (Å²) in [5.41, 5.74) is 2.24. The SMILES string of the molecule is O=C(O)CCCN(Cc1ccccc1)C(=O)CCc1ccsc1. The van der Waals surface area contributed by atoms with Crippen LogP contribution in [0, 0.1) is 0 Å². The summed E-state index contributed by atoms with van der Waals surface area (Å²) >= 11 is 1.63. The molecule has 0 spiro atoms. The Kier molecular flexibility index (Phi) is 6.81. The highest BCUT2D eigenvalue weighted by Gasteiger charge is 2.14. The second-order valence-electron chi connectivity index (χ2n) is 5.43. The van der Waals surface area contributed by atoms with Crippen molar-refractivity contribution in [2.45, 2.75) is 32.2 Å². The van der Waals surface area contributed by atoms with Gasteiger partial charge < -0.3 is 10.0 Å². The number of carboxylic acid groups (broad SMARTS) is 1.